The number of aryl methyl sites for hydroxylation is 1. The molecule has 98 valence electrons. The van der Waals surface area contributed by atoms with Gasteiger partial charge in [-0.15, -0.1) is 11.3 Å². The Morgan fingerprint density at radius 3 is 2.83 bits per heavy atom. The van der Waals surface area contributed by atoms with Gasteiger partial charge in [0.05, 0.1) is 22.2 Å². The highest BCUT2D eigenvalue weighted by molar-refractivity contribution is 7.71. The molecule has 0 radical (unpaired) electrons. The average Bonchev–Trinajstić information content (AvgIpc) is 2.92. The molecule has 2 aromatic rings. The van der Waals surface area contributed by atoms with Crippen LogP contribution in [0.3, 0.4) is 0 Å². The largest absolute Gasteiger partial charge is 0.384 e. The molecule has 0 bridgehead atoms. The van der Waals surface area contributed by atoms with Crippen LogP contribution in [0, 0.1) is 4.77 Å². The van der Waals surface area contributed by atoms with E-state index < -0.39 is 0 Å². The molecule has 0 amide bonds. The highest BCUT2D eigenvalue weighted by Gasteiger charge is 2.16. The third-order valence-electron chi connectivity index (χ3n) is 2.68. The van der Waals surface area contributed by atoms with Gasteiger partial charge in [-0.05, 0) is 18.6 Å². The molecule has 5 nitrogen and oxygen atoms in total. The van der Waals surface area contributed by atoms with Crippen molar-refractivity contribution in [3.8, 4) is 10.7 Å². The van der Waals surface area contributed by atoms with Crippen molar-refractivity contribution in [3.63, 3.8) is 0 Å². The SMILES string of the molecule is CCc1nc(CCOC)sc1-c1n[nH]c(=S)n1C. The summed E-state index contributed by atoms with van der Waals surface area (Å²) in [7, 11) is 3.61. The van der Waals surface area contributed by atoms with Crippen molar-refractivity contribution in [1.29, 1.82) is 0 Å². The number of ether oxygens (including phenoxy) is 1. The molecule has 0 aliphatic carbocycles. The summed E-state index contributed by atoms with van der Waals surface area (Å²) < 4.78 is 7.59. The smallest absolute Gasteiger partial charge is 0.195 e. The number of nitrogens with one attached hydrogen (secondary N) is 1. The number of aromatic amines is 1. The van der Waals surface area contributed by atoms with Crippen molar-refractivity contribution in [1.82, 2.24) is 19.7 Å². The molecule has 0 saturated heterocycles. The molecule has 18 heavy (non-hydrogen) atoms. The highest BCUT2D eigenvalue weighted by atomic mass is 32.1. The van der Waals surface area contributed by atoms with Gasteiger partial charge in [-0.3, -0.25) is 5.10 Å². The summed E-state index contributed by atoms with van der Waals surface area (Å²) in [6.45, 7) is 2.79. The second-order valence-corrected chi connectivity index (χ2v) is 5.36. The van der Waals surface area contributed by atoms with Crippen molar-refractivity contribution in [2.75, 3.05) is 13.7 Å². The summed E-state index contributed by atoms with van der Waals surface area (Å²) in [6, 6.07) is 0. The molecule has 0 unspecified atom stereocenters. The van der Waals surface area contributed by atoms with Crippen LogP contribution < -0.4 is 0 Å². The van der Waals surface area contributed by atoms with E-state index in [4.69, 9.17) is 17.0 Å². The Morgan fingerprint density at radius 2 is 2.28 bits per heavy atom. The van der Waals surface area contributed by atoms with Crippen LogP contribution in [-0.4, -0.2) is 33.5 Å². The Balaban J connectivity index is 2.40. The minimum Gasteiger partial charge on any atom is -0.384 e. The molecule has 0 aromatic carbocycles. The monoisotopic (exact) mass is 284 g/mol. The first-order valence-corrected chi connectivity index (χ1v) is 6.99. The number of methoxy groups -OCH3 is 1. The zero-order valence-corrected chi connectivity index (χ0v) is 12.3. The van der Waals surface area contributed by atoms with E-state index in [0.717, 1.165) is 34.2 Å². The predicted octanol–water partition coefficient (Wildman–Crippen LogP) is 2.35. The molecular formula is C11H16N4OS2. The van der Waals surface area contributed by atoms with Crippen LogP contribution in [0.15, 0.2) is 0 Å². The van der Waals surface area contributed by atoms with Gasteiger partial charge in [-0.2, -0.15) is 5.10 Å². The Labute approximate surface area is 115 Å². The van der Waals surface area contributed by atoms with Crippen molar-refractivity contribution < 1.29 is 4.74 Å². The fourth-order valence-corrected chi connectivity index (χ4v) is 2.95. The van der Waals surface area contributed by atoms with E-state index in [1.54, 1.807) is 18.4 Å². The van der Waals surface area contributed by atoms with E-state index >= 15 is 0 Å². The molecule has 1 N–H and O–H groups in total. The minimum absolute atomic E-state index is 0.624. The second kappa shape index (κ2) is 5.73. The molecular weight excluding hydrogens is 268 g/mol. The van der Waals surface area contributed by atoms with Crippen LogP contribution in [0.25, 0.3) is 10.7 Å². The maximum atomic E-state index is 5.14. The molecule has 0 aliphatic rings. The average molecular weight is 284 g/mol. The van der Waals surface area contributed by atoms with Gasteiger partial charge >= 0.3 is 0 Å². The number of thiazole rings is 1. The van der Waals surface area contributed by atoms with Crippen molar-refractivity contribution in [2.45, 2.75) is 19.8 Å². The number of hydrogen-bond acceptors (Lipinski definition) is 5. The fraction of sp³-hybridized carbons (Fsp3) is 0.545. The third-order valence-corrected chi connectivity index (χ3v) is 4.20. The molecule has 2 rings (SSSR count). The lowest BCUT2D eigenvalue weighted by Crippen LogP contribution is -1.94. The predicted molar refractivity (Wildman–Crippen MR) is 74.5 cm³/mol. The highest BCUT2D eigenvalue weighted by Crippen LogP contribution is 2.29. The van der Waals surface area contributed by atoms with Gasteiger partial charge in [0.1, 0.15) is 0 Å². The lowest BCUT2D eigenvalue weighted by Gasteiger charge is -1.98. The van der Waals surface area contributed by atoms with E-state index in [1.807, 2.05) is 11.6 Å². The quantitative estimate of drug-likeness (QED) is 0.856. The molecule has 2 aromatic heterocycles. The summed E-state index contributed by atoms with van der Waals surface area (Å²) in [5, 5.41) is 8.16. The molecule has 0 aliphatic heterocycles. The van der Waals surface area contributed by atoms with Crippen LogP contribution in [0.4, 0.5) is 0 Å². The van der Waals surface area contributed by atoms with E-state index in [-0.39, 0.29) is 0 Å². The van der Waals surface area contributed by atoms with E-state index in [2.05, 4.69) is 22.1 Å². The number of hydrogen-bond donors (Lipinski definition) is 1. The van der Waals surface area contributed by atoms with Crippen LogP contribution >= 0.6 is 23.6 Å². The zero-order chi connectivity index (χ0) is 13.1. The van der Waals surface area contributed by atoms with Crippen molar-refractivity contribution in [3.05, 3.63) is 15.5 Å². The molecule has 0 atom stereocenters. The van der Waals surface area contributed by atoms with Gasteiger partial charge in [-0.1, -0.05) is 6.92 Å². The number of H-pyrrole nitrogens is 1. The van der Waals surface area contributed by atoms with E-state index in [9.17, 15) is 0 Å². The van der Waals surface area contributed by atoms with Crippen LogP contribution in [0.2, 0.25) is 0 Å². The van der Waals surface area contributed by atoms with E-state index in [1.165, 1.54) is 0 Å². The summed E-state index contributed by atoms with van der Waals surface area (Å²) in [5.74, 6) is 0.859. The molecule has 0 spiro atoms. The van der Waals surface area contributed by atoms with Gasteiger partial charge < -0.3 is 9.30 Å². The fourth-order valence-electron chi connectivity index (χ4n) is 1.66. The van der Waals surface area contributed by atoms with Gasteiger partial charge in [0, 0.05) is 20.6 Å². The zero-order valence-electron chi connectivity index (χ0n) is 10.7. The van der Waals surface area contributed by atoms with Gasteiger partial charge in [0.15, 0.2) is 10.6 Å². The summed E-state index contributed by atoms with van der Waals surface area (Å²) in [4.78, 5) is 5.73. The summed E-state index contributed by atoms with van der Waals surface area (Å²) in [5.41, 5.74) is 1.07. The first-order valence-electron chi connectivity index (χ1n) is 5.76. The van der Waals surface area contributed by atoms with Gasteiger partial charge in [0.2, 0.25) is 0 Å². The maximum Gasteiger partial charge on any atom is 0.195 e. The van der Waals surface area contributed by atoms with Gasteiger partial charge in [-0.25, -0.2) is 4.98 Å². The van der Waals surface area contributed by atoms with E-state index in [0.29, 0.717) is 11.4 Å². The first kappa shape index (κ1) is 13.4. The lowest BCUT2D eigenvalue weighted by atomic mass is 10.3. The molecule has 7 heteroatoms. The van der Waals surface area contributed by atoms with Crippen LogP contribution in [0.5, 0.6) is 0 Å². The standard InChI is InChI=1S/C11H16N4OS2/c1-4-7-9(10-13-14-11(17)15(10)2)18-8(12-7)5-6-16-3/h4-6H2,1-3H3,(H,14,17). The number of rotatable bonds is 5. The topological polar surface area (TPSA) is 55.7 Å². The van der Waals surface area contributed by atoms with Crippen LogP contribution in [0.1, 0.15) is 17.6 Å². The number of aromatic nitrogens is 4. The van der Waals surface area contributed by atoms with Crippen LogP contribution in [-0.2, 0) is 24.6 Å². The third kappa shape index (κ3) is 2.52. The Bertz CT molecular complexity index is 584. The van der Waals surface area contributed by atoms with Crippen molar-refractivity contribution >= 4 is 23.6 Å². The molecule has 0 fully saturated rings. The number of nitrogens with zero attached hydrogens (tertiary/aromatic N) is 3. The Kier molecular flexibility index (Phi) is 4.26. The van der Waals surface area contributed by atoms with Gasteiger partial charge in [0.25, 0.3) is 0 Å². The Hall–Kier alpha value is -1.05. The summed E-state index contributed by atoms with van der Waals surface area (Å²) in [6.07, 6.45) is 1.72. The summed E-state index contributed by atoms with van der Waals surface area (Å²) >= 11 is 6.80. The lowest BCUT2D eigenvalue weighted by molar-refractivity contribution is 0.202. The first-order chi connectivity index (χ1) is 8.67. The van der Waals surface area contributed by atoms with Crippen molar-refractivity contribution in [2.24, 2.45) is 7.05 Å². The molecule has 2 heterocycles. The Morgan fingerprint density at radius 1 is 1.50 bits per heavy atom. The minimum atomic E-state index is 0.624. The molecule has 0 saturated carbocycles. The maximum absolute atomic E-state index is 5.14. The second-order valence-electron chi connectivity index (χ2n) is 3.89. The normalized spacial score (nSPS) is 11.1.